The molecule has 0 atom stereocenters. The topological polar surface area (TPSA) is 30.0 Å². The third-order valence-corrected chi connectivity index (χ3v) is 1.51. The minimum absolute atomic E-state index is 0.539. The molecule has 0 aromatic carbocycles. The molecule has 0 aliphatic rings. The third kappa shape index (κ3) is 1.76. The van der Waals surface area contributed by atoms with Gasteiger partial charge in [-0.3, -0.25) is 4.79 Å². The van der Waals surface area contributed by atoms with Crippen molar-refractivity contribution in [2.24, 2.45) is 0 Å². The van der Waals surface area contributed by atoms with Crippen molar-refractivity contribution in [3.05, 3.63) is 16.6 Å². The molecule has 0 amide bonds. The molecular formula is C5H2F3NOS. The minimum atomic E-state index is -4.81. The van der Waals surface area contributed by atoms with Crippen LogP contribution in [0.3, 0.4) is 0 Å². The van der Waals surface area contributed by atoms with Crippen molar-refractivity contribution in [2.75, 3.05) is 0 Å². The zero-order valence-corrected chi connectivity index (χ0v) is 5.87. The summed E-state index contributed by atoms with van der Waals surface area (Å²) in [7, 11) is 0. The van der Waals surface area contributed by atoms with E-state index in [1.165, 1.54) is 5.51 Å². The zero-order chi connectivity index (χ0) is 8.48. The maximum atomic E-state index is 11.6. The molecule has 60 valence electrons. The molecule has 11 heavy (non-hydrogen) atoms. The van der Waals surface area contributed by atoms with Crippen LogP contribution in [0.15, 0.2) is 10.9 Å². The van der Waals surface area contributed by atoms with Gasteiger partial charge in [-0.25, -0.2) is 4.98 Å². The summed E-state index contributed by atoms with van der Waals surface area (Å²) < 4.78 is 34.9. The van der Waals surface area contributed by atoms with Gasteiger partial charge in [-0.05, 0) is 0 Å². The second-order valence-corrected chi connectivity index (χ2v) is 2.42. The lowest BCUT2D eigenvalue weighted by molar-refractivity contribution is -0.0887. The first-order chi connectivity index (χ1) is 5.02. The molecule has 1 rings (SSSR count). The van der Waals surface area contributed by atoms with E-state index in [4.69, 9.17) is 0 Å². The highest BCUT2D eigenvalue weighted by atomic mass is 32.1. The summed E-state index contributed by atoms with van der Waals surface area (Å²) in [5.74, 6) is -1.89. The van der Waals surface area contributed by atoms with Crippen LogP contribution in [-0.2, 0) is 0 Å². The number of nitrogens with zero attached hydrogens (tertiary/aromatic N) is 1. The van der Waals surface area contributed by atoms with Gasteiger partial charge in [0.2, 0.25) is 0 Å². The average Bonchev–Trinajstić information content (AvgIpc) is 2.34. The van der Waals surface area contributed by atoms with E-state index in [0.29, 0.717) is 0 Å². The number of rotatable bonds is 1. The van der Waals surface area contributed by atoms with E-state index in [1.54, 1.807) is 0 Å². The molecular weight excluding hydrogens is 179 g/mol. The zero-order valence-electron chi connectivity index (χ0n) is 5.05. The Kier molecular flexibility index (Phi) is 1.95. The van der Waals surface area contributed by atoms with Crippen molar-refractivity contribution in [3.8, 4) is 0 Å². The molecule has 0 saturated heterocycles. The lowest BCUT2D eigenvalue weighted by Gasteiger charge is -1.99. The first-order valence-corrected chi connectivity index (χ1v) is 3.46. The van der Waals surface area contributed by atoms with Crippen molar-refractivity contribution < 1.29 is 18.0 Å². The number of hydrogen-bond acceptors (Lipinski definition) is 3. The van der Waals surface area contributed by atoms with E-state index in [9.17, 15) is 18.0 Å². The molecule has 1 aromatic heterocycles. The Morgan fingerprint density at radius 3 is 2.55 bits per heavy atom. The van der Waals surface area contributed by atoms with Crippen molar-refractivity contribution in [2.45, 2.75) is 6.18 Å². The van der Waals surface area contributed by atoms with Gasteiger partial charge in [-0.1, -0.05) is 0 Å². The summed E-state index contributed by atoms with van der Waals surface area (Å²) in [6, 6.07) is 0. The van der Waals surface area contributed by atoms with E-state index in [0.717, 1.165) is 16.7 Å². The number of alkyl halides is 3. The Morgan fingerprint density at radius 2 is 2.18 bits per heavy atom. The molecule has 0 fully saturated rings. The van der Waals surface area contributed by atoms with E-state index < -0.39 is 17.7 Å². The normalized spacial score (nSPS) is 11.5. The Labute approximate surface area is 63.7 Å². The number of aromatic nitrogens is 1. The fourth-order valence-electron chi connectivity index (χ4n) is 0.470. The molecule has 0 aliphatic carbocycles. The number of carbonyl (C=O) groups is 1. The summed E-state index contributed by atoms with van der Waals surface area (Å²) in [5.41, 5.74) is 0.640. The Morgan fingerprint density at radius 1 is 1.55 bits per heavy atom. The highest BCUT2D eigenvalue weighted by molar-refractivity contribution is 7.07. The van der Waals surface area contributed by atoms with Crippen LogP contribution in [0.5, 0.6) is 0 Å². The summed E-state index contributed by atoms with van der Waals surface area (Å²) >= 11 is 0.952. The predicted molar refractivity (Wildman–Crippen MR) is 32.5 cm³/mol. The number of ketones is 1. The summed E-state index contributed by atoms with van der Waals surface area (Å²) in [5, 5.41) is 1.07. The van der Waals surface area contributed by atoms with Crippen LogP contribution < -0.4 is 0 Å². The Bertz CT molecular complexity index is 253. The average molecular weight is 181 g/mol. The van der Waals surface area contributed by atoms with Gasteiger partial charge >= 0.3 is 6.18 Å². The second-order valence-electron chi connectivity index (χ2n) is 1.70. The van der Waals surface area contributed by atoms with Crippen LogP contribution in [0.25, 0.3) is 0 Å². The van der Waals surface area contributed by atoms with Gasteiger partial charge in [0.1, 0.15) is 5.69 Å². The van der Waals surface area contributed by atoms with E-state index in [2.05, 4.69) is 4.98 Å². The largest absolute Gasteiger partial charge is 0.456 e. The van der Waals surface area contributed by atoms with Crippen molar-refractivity contribution >= 4 is 17.1 Å². The molecule has 1 heterocycles. The lowest BCUT2D eigenvalue weighted by Crippen LogP contribution is -2.22. The number of halogens is 3. The van der Waals surface area contributed by atoms with Crippen LogP contribution in [0.4, 0.5) is 13.2 Å². The van der Waals surface area contributed by atoms with Crippen LogP contribution in [0.2, 0.25) is 0 Å². The van der Waals surface area contributed by atoms with Crippen LogP contribution in [-0.4, -0.2) is 16.9 Å². The minimum Gasteiger partial charge on any atom is -0.282 e. The van der Waals surface area contributed by atoms with E-state index >= 15 is 0 Å². The van der Waals surface area contributed by atoms with Gasteiger partial charge in [-0.15, -0.1) is 11.3 Å². The first-order valence-electron chi connectivity index (χ1n) is 2.51. The maximum absolute atomic E-state index is 11.6. The molecule has 0 saturated carbocycles. The van der Waals surface area contributed by atoms with E-state index in [1.807, 2.05) is 0 Å². The number of hydrogen-bond donors (Lipinski definition) is 0. The summed E-state index contributed by atoms with van der Waals surface area (Å²) in [4.78, 5) is 13.6. The first kappa shape index (κ1) is 8.19. The van der Waals surface area contributed by atoms with Crippen LogP contribution in [0.1, 0.15) is 10.5 Å². The standard InChI is InChI=1S/C5H2F3NOS/c6-5(7,8)4(10)3-1-11-2-9-3/h1-2H. The molecule has 0 radical (unpaired) electrons. The Balaban J connectivity index is 2.88. The predicted octanol–water partition coefficient (Wildman–Crippen LogP) is 1.89. The van der Waals surface area contributed by atoms with Crippen molar-refractivity contribution in [3.63, 3.8) is 0 Å². The molecule has 0 aliphatic heterocycles. The molecule has 0 spiro atoms. The SMILES string of the molecule is O=C(c1cscn1)C(F)(F)F. The summed E-state index contributed by atoms with van der Waals surface area (Å²) in [6.45, 7) is 0. The maximum Gasteiger partial charge on any atom is 0.456 e. The second kappa shape index (κ2) is 2.61. The molecule has 1 aromatic rings. The quantitative estimate of drug-likeness (QED) is 0.619. The Hall–Kier alpha value is -0.910. The van der Waals surface area contributed by atoms with Gasteiger partial charge in [0, 0.05) is 5.38 Å². The highest BCUT2D eigenvalue weighted by Gasteiger charge is 2.40. The molecule has 6 heteroatoms. The van der Waals surface area contributed by atoms with Gasteiger partial charge in [0.15, 0.2) is 0 Å². The van der Waals surface area contributed by atoms with E-state index in [-0.39, 0.29) is 0 Å². The van der Waals surface area contributed by atoms with Crippen LogP contribution in [0, 0.1) is 0 Å². The summed E-state index contributed by atoms with van der Waals surface area (Å²) in [6.07, 6.45) is -4.81. The number of Topliss-reactive ketones (excluding diaryl/α,β-unsaturated/α-hetero) is 1. The molecule has 0 N–H and O–H groups in total. The fraction of sp³-hybridized carbons (Fsp3) is 0.200. The van der Waals surface area contributed by atoms with Gasteiger partial charge in [-0.2, -0.15) is 13.2 Å². The van der Waals surface area contributed by atoms with Crippen molar-refractivity contribution in [1.82, 2.24) is 4.98 Å². The fourth-order valence-corrected chi connectivity index (χ4v) is 1.00. The lowest BCUT2D eigenvalue weighted by atomic mass is 10.3. The molecule has 0 unspecified atom stereocenters. The highest BCUT2D eigenvalue weighted by Crippen LogP contribution is 2.20. The smallest absolute Gasteiger partial charge is 0.282 e. The van der Waals surface area contributed by atoms with Crippen molar-refractivity contribution in [1.29, 1.82) is 0 Å². The molecule has 2 nitrogen and oxygen atoms in total. The monoisotopic (exact) mass is 181 g/mol. The van der Waals surface area contributed by atoms with Crippen LogP contribution >= 0.6 is 11.3 Å². The van der Waals surface area contributed by atoms with Gasteiger partial charge in [0.05, 0.1) is 5.51 Å². The van der Waals surface area contributed by atoms with Gasteiger partial charge < -0.3 is 0 Å². The molecule has 0 bridgehead atoms. The third-order valence-electron chi connectivity index (χ3n) is 0.922. The van der Waals surface area contributed by atoms with Gasteiger partial charge in [0.25, 0.3) is 5.78 Å². The number of carbonyl (C=O) groups excluding carboxylic acids is 1. The number of thiazole rings is 1.